The van der Waals surface area contributed by atoms with Gasteiger partial charge in [0.1, 0.15) is 0 Å². The van der Waals surface area contributed by atoms with Crippen LogP contribution in [0.3, 0.4) is 0 Å². The summed E-state index contributed by atoms with van der Waals surface area (Å²) in [7, 11) is 0. The normalized spacial score (nSPS) is 10.6. The van der Waals surface area contributed by atoms with Crippen molar-refractivity contribution in [2.45, 2.75) is 6.92 Å². The van der Waals surface area contributed by atoms with Gasteiger partial charge < -0.3 is 9.97 Å². The number of hydrogen-bond donors (Lipinski definition) is 2. The van der Waals surface area contributed by atoms with E-state index in [-0.39, 0.29) is 5.69 Å². The first-order chi connectivity index (χ1) is 5.25. The molecular weight excluding hydrogens is 140 g/mol. The number of imidazole rings is 1. The number of aromatic nitrogens is 2. The number of benzene rings is 1. The van der Waals surface area contributed by atoms with E-state index in [1.165, 1.54) is 0 Å². The predicted molar refractivity (Wildman–Crippen MR) is 42.5 cm³/mol. The number of aryl methyl sites for hydroxylation is 1. The van der Waals surface area contributed by atoms with Crippen LogP contribution >= 0.6 is 0 Å². The van der Waals surface area contributed by atoms with Gasteiger partial charge in [0.2, 0.25) is 0 Å². The summed E-state index contributed by atoms with van der Waals surface area (Å²) in [4.78, 5) is 16.0. The second kappa shape index (κ2) is 1.99. The third-order valence-electron chi connectivity index (χ3n) is 1.57. The van der Waals surface area contributed by atoms with Crippen molar-refractivity contribution in [2.24, 2.45) is 0 Å². The van der Waals surface area contributed by atoms with Crippen LogP contribution in [0.1, 0.15) is 5.56 Å². The summed E-state index contributed by atoms with van der Waals surface area (Å²) < 4.78 is 0. The molecule has 0 spiro atoms. The zero-order valence-corrected chi connectivity index (χ0v) is 6.06. The maximum atomic E-state index is 10.8. The highest BCUT2D eigenvalue weighted by molar-refractivity contribution is 5.74. The van der Waals surface area contributed by atoms with Crippen LogP contribution < -0.4 is 5.69 Å². The van der Waals surface area contributed by atoms with Crippen LogP contribution in [-0.2, 0) is 0 Å². The molecule has 0 aliphatic carbocycles. The summed E-state index contributed by atoms with van der Waals surface area (Å²) in [5.41, 5.74) is 2.46. The van der Waals surface area contributed by atoms with Gasteiger partial charge in [0.15, 0.2) is 0 Å². The first kappa shape index (κ1) is 6.22. The van der Waals surface area contributed by atoms with Crippen LogP contribution in [0.4, 0.5) is 0 Å². The Labute approximate surface area is 63.1 Å². The summed E-state index contributed by atoms with van der Waals surface area (Å²) in [5.74, 6) is 0. The lowest BCUT2D eigenvalue weighted by molar-refractivity contribution is 1.21. The fourth-order valence-electron chi connectivity index (χ4n) is 1.07. The van der Waals surface area contributed by atoms with Crippen molar-refractivity contribution in [2.75, 3.05) is 0 Å². The van der Waals surface area contributed by atoms with E-state index >= 15 is 0 Å². The third-order valence-corrected chi connectivity index (χ3v) is 1.57. The summed E-state index contributed by atoms with van der Waals surface area (Å²) in [6, 6.07) is 6.70. The second-order valence-electron chi connectivity index (χ2n) is 2.54. The molecule has 0 amide bonds. The van der Waals surface area contributed by atoms with Crippen LogP contribution in [-0.4, -0.2) is 9.97 Å². The predicted octanol–water partition coefficient (Wildman–Crippen LogP) is 0.965. The van der Waals surface area contributed by atoms with Gasteiger partial charge in [-0.15, -0.1) is 0 Å². The molecule has 3 nitrogen and oxygen atoms in total. The number of nitrogens with one attached hydrogen (secondary N) is 2. The van der Waals surface area contributed by atoms with Gasteiger partial charge in [-0.3, -0.25) is 0 Å². The van der Waals surface area contributed by atoms with E-state index in [2.05, 4.69) is 16.0 Å². The zero-order valence-electron chi connectivity index (χ0n) is 6.06. The molecule has 2 aromatic rings. The molecule has 0 aliphatic rings. The van der Waals surface area contributed by atoms with Crippen molar-refractivity contribution >= 4 is 11.0 Å². The highest BCUT2D eigenvalue weighted by Gasteiger charge is 1.95. The van der Waals surface area contributed by atoms with E-state index < -0.39 is 0 Å². The number of H-pyrrole nitrogens is 2. The number of aromatic amines is 2. The van der Waals surface area contributed by atoms with E-state index in [1.54, 1.807) is 0 Å². The average Bonchev–Trinajstić information content (AvgIpc) is 2.27. The SMILES string of the molecule is Cc1c[c]c2[nH]c(=O)[nH]c2c1. The fourth-order valence-corrected chi connectivity index (χ4v) is 1.07. The van der Waals surface area contributed by atoms with Gasteiger partial charge >= 0.3 is 5.69 Å². The minimum atomic E-state index is -0.179. The fraction of sp³-hybridized carbons (Fsp3) is 0.125. The molecule has 1 aromatic carbocycles. The van der Waals surface area contributed by atoms with Gasteiger partial charge in [-0.2, -0.15) is 0 Å². The van der Waals surface area contributed by atoms with Crippen molar-refractivity contribution in [1.29, 1.82) is 0 Å². The second-order valence-corrected chi connectivity index (χ2v) is 2.54. The van der Waals surface area contributed by atoms with E-state index in [0.717, 1.165) is 16.6 Å². The van der Waals surface area contributed by atoms with Crippen molar-refractivity contribution in [1.82, 2.24) is 9.97 Å². The summed E-state index contributed by atoms with van der Waals surface area (Å²) >= 11 is 0. The molecule has 0 saturated heterocycles. The Balaban J connectivity index is 2.92. The Morgan fingerprint density at radius 1 is 1.45 bits per heavy atom. The number of hydrogen-bond acceptors (Lipinski definition) is 1. The van der Waals surface area contributed by atoms with Crippen LogP contribution in [0.15, 0.2) is 16.9 Å². The highest BCUT2D eigenvalue weighted by Crippen LogP contribution is 2.07. The summed E-state index contributed by atoms with van der Waals surface area (Å²) in [6.45, 7) is 1.96. The topological polar surface area (TPSA) is 48.6 Å². The quantitative estimate of drug-likeness (QED) is 0.573. The number of rotatable bonds is 0. The van der Waals surface area contributed by atoms with Gasteiger partial charge in [-0.05, 0) is 24.6 Å². The van der Waals surface area contributed by atoms with Gasteiger partial charge in [-0.1, -0.05) is 0 Å². The molecule has 0 aliphatic heterocycles. The van der Waals surface area contributed by atoms with Crippen LogP contribution in [0.2, 0.25) is 0 Å². The molecular formula is C8H7N2O. The molecule has 0 unspecified atom stereocenters. The van der Waals surface area contributed by atoms with Gasteiger partial charge in [-0.25, -0.2) is 4.79 Å². The molecule has 1 radical (unpaired) electrons. The molecule has 2 N–H and O–H groups in total. The lowest BCUT2D eigenvalue weighted by Crippen LogP contribution is -1.99. The molecule has 0 bridgehead atoms. The molecule has 55 valence electrons. The molecule has 2 rings (SSSR count). The maximum Gasteiger partial charge on any atom is 0.323 e. The van der Waals surface area contributed by atoms with E-state index in [4.69, 9.17) is 0 Å². The maximum absolute atomic E-state index is 10.8. The lowest BCUT2D eigenvalue weighted by Gasteiger charge is -1.88. The largest absolute Gasteiger partial charge is 0.323 e. The van der Waals surface area contributed by atoms with Crippen molar-refractivity contribution < 1.29 is 0 Å². The van der Waals surface area contributed by atoms with E-state index in [0.29, 0.717) is 0 Å². The smallest absolute Gasteiger partial charge is 0.306 e. The van der Waals surface area contributed by atoms with Crippen LogP contribution in [0, 0.1) is 13.0 Å². The van der Waals surface area contributed by atoms with Crippen molar-refractivity contribution in [3.8, 4) is 0 Å². The molecule has 0 atom stereocenters. The molecule has 0 saturated carbocycles. The van der Waals surface area contributed by atoms with Gasteiger partial charge in [0.25, 0.3) is 0 Å². The Hall–Kier alpha value is -1.51. The van der Waals surface area contributed by atoms with Crippen LogP contribution in [0.25, 0.3) is 11.0 Å². The third kappa shape index (κ3) is 0.941. The first-order valence-corrected chi connectivity index (χ1v) is 3.36. The zero-order chi connectivity index (χ0) is 7.84. The van der Waals surface area contributed by atoms with E-state index in [1.807, 2.05) is 19.1 Å². The Morgan fingerprint density at radius 3 is 3.09 bits per heavy atom. The van der Waals surface area contributed by atoms with E-state index in [9.17, 15) is 4.79 Å². The first-order valence-electron chi connectivity index (χ1n) is 3.36. The molecule has 1 aromatic heterocycles. The highest BCUT2D eigenvalue weighted by atomic mass is 16.1. The minimum Gasteiger partial charge on any atom is -0.306 e. The summed E-state index contributed by atoms with van der Waals surface area (Å²) in [6.07, 6.45) is 0. The van der Waals surface area contributed by atoms with Crippen molar-refractivity contribution in [3.63, 3.8) is 0 Å². The van der Waals surface area contributed by atoms with Crippen molar-refractivity contribution in [3.05, 3.63) is 34.2 Å². The average molecular weight is 147 g/mol. The van der Waals surface area contributed by atoms with Crippen LogP contribution in [0.5, 0.6) is 0 Å². The van der Waals surface area contributed by atoms with Gasteiger partial charge in [0.05, 0.1) is 11.0 Å². The number of fused-ring (bicyclic) bond motifs is 1. The monoisotopic (exact) mass is 147 g/mol. The Kier molecular flexibility index (Phi) is 1.12. The molecule has 11 heavy (non-hydrogen) atoms. The molecule has 0 fully saturated rings. The Bertz CT molecular complexity index is 439. The molecule has 1 heterocycles. The van der Waals surface area contributed by atoms with Gasteiger partial charge in [0, 0.05) is 6.07 Å². The standard InChI is InChI=1S/C8H7N2O/c1-5-2-3-6-7(4-5)10-8(11)9-6/h2,4H,1H3,(H2,9,10,11). The minimum absolute atomic E-state index is 0.179. The lowest BCUT2D eigenvalue weighted by atomic mass is 10.2. The Morgan fingerprint density at radius 2 is 2.27 bits per heavy atom. The summed E-state index contributed by atoms with van der Waals surface area (Å²) in [5, 5.41) is 0. The molecule has 3 heteroatoms.